The van der Waals surface area contributed by atoms with E-state index in [4.69, 9.17) is 10.3 Å². The van der Waals surface area contributed by atoms with E-state index in [1.807, 2.05) is 24.3 Å². The molecule has 7 nitrogen and oxygen atoms in total. The number of aliphatic hydroxyl groups is 1. The molecule has 4 N–H and O–H groups in total. The van der Waals surface area contributed by atoms with Crippen molar-refractivity contribution >= 4 is 5.91 Å². The van der Waals surface area contributed by atoms with Crippen LogP contribution < -0.4 is 11.1 Å². The van der Waals surface area contributed by atoms with Crippen molar-refractivity contribution in [1.82, 2.24) is 15.5 Å². The number of hydrogen-bond acceptors (Lipinski definition) is 6. The quantitative estimate of drug-likeness (QED) is 0.733. The summed E-state index contributed by atoms with van der Waals surface area (Å²) in [5.41, 5.74) is 7.28. The van der Waals surface area contributed by atoms with Gasteiger partial charge in [0.15, 0.2) is 0 Å². The third kappa shape index (κ3) is 3.87. The number of aliphatic hydroxyl groups excluding tert-OH is 1. The van der Waals surface area contributed by atoms with E-state index in [0.717, 1.165) is 11.1 Å². The number of rotatable bonds is 5. The van der Waals surface area contributed by atoms with Crippen molar-refractivity contribution in [2.24, 2.45) is 5.73 Å². The summed E-state index contributed by atoms with van der Waals surface area (Å²) in [7, 11) is 0. The van der Waals surface area contributed by atoms with E-state index in [-0.39, 0.29) is 5.91 Å². The van der Waals surface area contributed by atoms with Gasteiger partial charge < -0.3 is 20.7 Å². The van der Waals surface area contributed by atoms with E-state index in [0.29, 0.717) is 18.3 Å². The lowest BCUT2D eigenvalue weighted by atomic mass is 10.1. The maximum absolute atomic E-state index is 11.6. The third-order valence-electron chi connectivity index (χ3n) is 3.03. The molecule has 0 spiro atoms. The minimum absolute atomic E-state index is 0.338. The second-order valence-corrected chi connectivity index (χ2v) is 4.82. The lowest BCUT2D eigenvalue weighted by Crippen LogP contribution is -2.46. The summed E-state index contributed by atoms with van der Waals surface area (Å²) in [6.07, 6.45) is -0.881. The molecule has 0 radical (unpaired) electrons. The number of amides is 1. The maximum Gasteiger partial charge on any atom is 0.239 e. The fraction of sp³-hybridized carbons (Fsp3) is 0.357. The van der Waals surface area contributed by atoms with Crippen LogP contribution in [0.15, 0.2) is 28.8 Å². The molecule has 2 aromatic rings. The zero-order valence-corrected chi connectivity index (χ0v) is 11.9. The van der Waals surface area contributed by atoms with E-state index in [2.05, 4.69) is 15.5 Å². The molecule has 0 aliphatic rings. The lowest BCUT2D eigenvalue weighted by molar-refractivity contribution is -0.124. The summed E-state index contributed by atoms with van der Waals surface area (Å²) < 4.78 is 4.92. The average molecular weight is 290 g/mol. The van der Waals surface area contributed by atoms with Crippen LogP contribution in [0.5, 0.6) is 0 Å². The van der Waals surface area contributed by atoms with Crippen LogP contribution in [0.2, 0.25) is 0 Å². The molecule has 1 aromatic carbocycles. The number of aromatic nitrogens is 2. The van der Waals surface area contributed by atoms with E-state index in [9.17, 15) is 9.90 Å². The zero-order valence-electron chi connectivity index (χ0n) is 11.9. The Kier molecular flexibility index (Phi) is 4.66. The first kappa shape index (κ1) is 15.1. The van der Waals surface area contributed by atoms with Crippen LogP contribution in [0, 0.1) is 6.92 Å². The first-order valence-corrected chi connectivity index (χ1v) is 6.58. The summed E-state index contributed by atoms with van der Waals surface area (Å²) in [5, 5.41) is 15.7. The molecule has 0 saturated heterocycles. The van der Waals surface area contributed by atoms with Gasteiger partial charge in [-0.15, -0.1) is 0 Å². The number of nitrogens with two attached hydrogens (primary N) is 1. The van der Waals surface area contributed by atoms with Crippen molar-refractivity contribution in [1.29, 1.82) is 0 Å². The molecule has 0 saturated carbocycles. The number of hydrogen-bond donors (Lipinski definition) is 3. The molecule has 112 valence electrons. The Bertz CT molecular complexity index is 607. The Labute approximate surface area is 122 Å². The van der Waals surface area contributed by atoms with Crippen LogP contribution in [0.4, 0.5) is 0 Å². The Balaban J connectivity index is 1.95. The van der Waals surface area contributed by atoms with Gasteiger partial charge in [0.2, 0.25) is 17.6 Å². The Morgan fingerprint density at radius 1 is 1.43 bits per heavy atom. The van der Waals surface area contributed by atoms with Crippen LogP contribution in [0.3, 0.4) is 0 Å². The minimum atomic E-state index is -0.924. The molecule has 1 aromatic heterocycles. The standard InChI is InChI=1S/C14H18N4O3/c1-8(19)12(15)14(20)16-7-10-3-5-11(6-4-10)13-17-9(2)21-18-13/h3-6,8,12,19H,7,15H2,1-2H3,(H,16,20)/t8-,12+/m1/s1. The highest BCUT2D eigenvalue weighted by molar-refractivity contribution is 5.82. The van der Waals surface area contributed by atoms with Gasteiger partial charge >= 0.3 is 0 Å². The number of nitrogens with zero attached hydrogens (tertiary/aromatic N) is 2. The molecule has 0 unspecified atom stereocenters. The van der Waals surface area contributed by atoms with Crippen molar-refractivity contribution in [2.75, 3.05) is 0 Å². The summed E-state index contributed by atoms with van der Waals surface area (Å²) in [6.45, 7) is 3.54. The van der Waals surface area contributed by atoms with Crippen LogP contribution in [0.1, 0.15) is 18.4 Å². The van der Waals surface area contributed by atoms with Crippen LogP contribution in [0.25, 0.3) is 11.4 Å². The van der Waals surface area contributed by atoms with Crippen LogP contribution in [-0.4, -0.2) is 33.3 Å². The lowest BCUT2D eigenvalue weighted by Gasteiger charge is -2.14. The molecule has 2 atom stereocenters. The predicted molar refractivity (Wildman–Crippen MR) is 76.0 cm³/mol. The van der Waals surface area contributed by atoms with Crippen molar-refractivity contribution in [3.63, 3.8) is 0 Å². The number of carbonyl (C=O) groups excluding carboxylic acids is 1. The molecule has 0 aliphatic heterocycles. The summed E-state index contributed by atoms with van der Waals surface area (Å²) in [4.78, 5) is 15.8. The largest absolute Gasteiger partial charge is 0.391 e. The van der Waals surface area contributed by atoms with Crippen molar-refractivity contribution in [3.8, 4) is 11.4 Å². The molecular weight excluding hydrogens is 272 g/mol. The summed E-state index contributed by atoms with van der Waals surface area (Å²) in [6, 6.07) is 6.48. The summed E-state index contributed by atoms with van der Waals surface area (Å²) in [5.74, 6) is 0.649. The van der Waals surface area contributed by atoms with Crippen LogP contribution >= 0.6 is 0 Å². The molecule has 21 heavy (non-hydrogen) atoms. The van der Waals surface area contributed by atoms with Gasteiger partial charge in [0.05, 0.1) is 6.10 Å². The number of benzene rings is 1. The fourth-order valence-corrected chi connectivity index (χ4v) is 1.71. The molecule has 2 rings (SSSR count). The molecule has 1 amide bonds. The van der Waals surface area contributed by atoms with Gasteiger partial charge in [0.1, 0.15) is 6.04 Å². The maximum atomic E-state index is 11.6. The minimum Gasteiger partial charge on any atom is -0.391 e. The molecule has 0 fully saturated rings. The molecule has 1 heterocycles. The SMILES string of the molecule is Cc1nc(-c2ccc(CNC(=O)[C@@H](N)[C@@H](C)O)cc2)no1. The third-order valence-corrected chi connectivity index (χ3v) is 3.03. The normalized spacial score (nSPS) is 13.7. The van der Waals surface area contributed by atoms with Gasteiger partial charge in [0.25, 0.3) is 0 Å². The van der Waals surface area contributed by atoms with Gasteiger partial charge in [-0.3, -0.25) is 4.79 Å². The molecule has 7 heteroatoms. The second-order valence-electron chi connectivity index (χ2n) is 4.82. The van der Waals surface area contributed by atoms with Crippen LogP contribution in [-0.2, 0) is 11.3 Å². The Morgan fingerprint density at radius 2 is 2.10 bits per heavy atom. The van der Waals surface area contributed by atoms with Gasteiger partial charge in [-0.2, -0.15) is 4.98 Å². The number of aryl methyl sites for hydroxylation is 1. The number of nitrogens with one attached hydrogen (secondary N) is 1. The highest BCUT2D eigenvalue weighted by Gasteiger charge is 2.18. The first-order valence-electron chi connectivity index (χ1n) is 6.58. The fourth-order valence-electron chi connectivity index (χ4n) is 1.71. The van der Waals surface area contributed by atoms with Crippen molar-refractivity contribution in [2.45, 2.75) is 32.5 Å². The van der Waals surface area contributed by atoms with Gasteiger partial charge in [-0.25, -0.2) is 0 Å². The molecule has 0 aliphatic carbocycles. The first-order chi connectivity index (χ1) is 9.97. The predicted octanol–water partition coefficient (Wildman–Crippen LogP) is 0.369. The van der Waals surface area contributed by atoms with Crippen molar-refractivity contribution < 1.29 is 14.4 Å². The highest BCUT2D eigenvalue weighted by Crippen LogP contribution is 2.16. The highest BCUT2D eigenvalue weighted by atomic mass is 16.5. The molecular formula is C14H18N4O3. The molecule has 0 bridgehead atoms. The number of carbonyl (C=O) groups is 1. The Morgan fingerprint density at radius 3 is 2.62 bits per heavy atom. The average Bonchev–Trinajstić information content (AvgIpc) is 2.91. The van der Waals surface area contributed by atoms with Crippen molar-refractivity contribution in [3.05, 3.63) is 35.7 Å². The summed E-state index contributed by atoms with van der Waals surface area (Å²) >= 11 is 0. The van der Waals surface area contributed by atoms with E-state index in [1.165, 1.54) is 6.92 Å². The van der Waals surface area contributed by atoms with E-state index < -0.39 is 12.1 Å². The van der Waals surface area contributed by atoms with E-state index in [1.54, 1.807) is 6.92 Å². The zero-order chi connectivity index (χ0) is 15.4. The monoisotopic (exact) mass is 290 g/mol. The van der Waals surface area contributed by atoms with Gasteiger partial charge in [0, 0.05) is 19.0 Å². The Hall–Kier alpha value is -2.25. The van der Waals surface area contributed by atoms with Gasteiger partial charge in [-0.05, 0) is 12.5 Å². The van der Waals surface area contributed by atoms with Gasteiger partial charge in [-0.1, -0.05) is 29.4 Å². The second kappa shape index (κ2) is 6.47. The van der Waals surface area contributed by atoms with E-state index >= 15 is 0 Å². The smallest absolute Gasteiger partial charge is 0.239 e. The topological polar surface area (TPSA) is 114 Å².